The molecule has 0 unspecified atom stereocenters. The molecule has 1 N–H and O–H groups in total. The van der Waals surface area contributed by atoms with Crippen LogP contribution in [0.2, 0.25) is 0 Å². The van der Waals surface area contributed by atoms with E-state index >= 15 is 0 Å². The number of fused-ring (bicyclic) bond motifs is 1. The van der Waals surface area contributed by atoms with Gasteiger partial charge in [-0.05, 0) is 38.8 Å². The number of aromatic nitrogens is 2. The summed E-state index contributed by atoms with van der Waals surface area (Å²) in [5, 5.41) is 8.78. The fourth-order valence-corrected chi connectivity index (χ4v) is 3.16. The maximum Gasteiger partial charge on any atom is 0.407 e. The van der Waals surface area contributed by atoms with Gasteiger partial charge >= 0.3 is 6.09 Å². The van der Waals surface area contributed by atoms with E-state index in [1.54, 1.807) is 7.11 Å². The lowest BCUT2D eigenvalue weighted by atomic mass is 10.1. The van der Waals surface area contributed by atoms with Crippen molar-refractivity contribution >= 4 is 17.0 Å². The van der Waals surface area contributed by atoms with Crippen molar-refractivity contribution in [1.29, 1.82) is 0 Å². The molecule has 6 nitrogen and oxygen atoms in total. The molecule has 0 aliphatic carbocycles. The monoisotopic (exact) mass is 395 g/mol. The standard InChI is InChI=1S/C23H29N3O3/c1-23(2,3)29-22(27)24-16-17-11-12-19-20(15-17)26(13-8-14-28-4)25-21(19)18-9-6-5-7-10-18/h5-7,9-12,15H,8,13-14,16H2,1-4H3,(H,24,27). The average Bonchev–Trinajstić information content (AvgIpc) is 3.04. The minimum atomic E-state index is -0.515. The van der Waals surface area contributed by atoms with E-state index in [1.165, 1.54) is 0 Å². The second-order valence-corrected chi connectivity index (χ2v) is 7.99. The minimum absolute atomic E-state index is 0.398. The van der Waals surface area contributed by atoms with Crippen LogP contribution in [0.25, 0.3) is 22.2 Å². The van der Waals surface area contributed by atoms with Crippen LogP contribution in [0.15, 0.2) is 48.5 Å². The number of amides is 1. The molecule has 3 rings (SSSR count). The molecule has 3 aromatic rings. The predicted octanol–water partition coefficient (Wildman–Crippen LogP) is 4.76. The Morgan fingerprint density at radius 1 is 1.14 bits per heavy atom. The molecular weight excluding hydrogens is 366 g/mol. The molecule has 29 heavy (non-hydrogen) atoms. The van der Waals surface area contributed by atoms with Crippen LogP contribution >= 0.6 is 0 Å². The Morgan fingerprint density at radius 3 is 2.59 bits per heavy atom. The number of nitrogens with zero attached hydrogens (tertiary/aromatic N) is 2. The largest absolute Gasteiger partial charge is 0.444 e. The van der Waals surface area contributed by atoms with Crippen LogP contribution in [0.5, 0.6) is 0 Å². The van der Waals surface area contributed by atoms with E-state index in [4.69, 9.17) is 14.6 Å². The summed E-state index contributed by atoms with van der Waals surface area (Å²) in [4.78, 5) is 12.0. The number of aryl methyl sites for hydroxylation is 1. The molecular formula is C23H29N3O3. The van der Waals surface area contributed by atoms with Gasteiger partial charge in [-0.15, -0.1) is 0 Å². The molecule has 0 aliphatic rings. The Labute approximate surface area is 171 Å². The van der Waals surface area contributed by atoms with Crippen LogP contribution in [0.3, 0.4) is 0 Å². The van der Waals surface area contributed by atoms with Crippen molar-refractivity contribution < 1.29 is 14.3 Å². The maximum absolute atomic E-state index is 12.0. The Morgan fingerprint density at radius 2 is 1.90 bits per heavy atom. The zero-order valence-corrected chi connectivity index (χ0v) is 17.6. The van der Waals surface area contributed by atoms with E-state index in [1.807, 2.05) is 49.7 Å². The lowest BCUT2D eigenvalue weighted by molar-refractivity contribution is 0.0523. The summed E-state index contributed by atoms with van der Waals surface area (Å²) in [5.41, 5.74) is 3.57. The van der Waals surface area contributed by atoms with Gasteiger partial charge in [-0.3, -0.25) is 4.68 Å². The molecule has 0 aliphatic heterocycles. The van der Waals surface area contributed by atoms with Gasteiger partial charge in [0.25, 0.3) is 0 Å². The van der Waals surface area contributed by atoms with Crippen molar-refractivity contribution in [3.63, 3.8) is 0 Å². The Bertz CT molecular complexity index is 959. The lowest BCUT2D eigenvalue weighted by Gasteiger charge is -2.19. The SMILES string of the molecule is COCCCn1nc(-c2ccccc2)c2ccc(CNC(=O)OC(C)(C)C)cc21. The molecule has 1 heterocycles. The van der Waals surface area contributed by atoms with Crippen molar-refractivity contribution in [1.82, 2.24) is 15.1 Å². The number of hydrogen-bond donors (Lipinski definition) is 1. The third-order valence-electron chi connectivity index (χ3n) is 4.42. The quantitative estimate of drug-likeness (QED) is 0.586. The molecule has 1 aromatic heterocycles. The summed E-state index contributed by atoms with van der Waals surface area (Å²) < 4.78 is 12.5. The number of nitrogens with one attached hydrogen (secondary N) is 1. The van der Waals surface area contributed by atoms with Crippen molar-refractivity contribution in [3.8, 4) is 11.3 Å². The highest BCUT2D eigenvalue weighted by Gasteiger charge is 2.16. The molecule has 0 saturated heterocycles. The first-order valence-electron chi connectivity index (χ1n) is 9.88. The van der Waals surface area contributed by atoms with Crippen LogP contribution in [0.4, 0.5) is 4.79 Å². The molecule has 0 saturated carbocycles. The molecule has 0 spiro atoms. The summed E-state index contributed by atoms with van der Waals surface area (Å²) in [6, 6.07) is 16.4. The lowest BCUT2D eigenvalue weighted by Crippen LogP contribution is -2.32. The van der Waals surface area contributed by atoms with Gasteiger partial charge in [0.05, 0.1) is 5.52 Å². The number of rotatable bonds is 7. The number of benzene rings is 2. The number of carbonyl (C=O) groups excluding carboxylic acids is 1. The second kappa shape index (κ2) is 9.09. The highest BCUT2D eigenvalue weighted by molar-refractivity contribution is 5.93. The summed E-state index contributed by atoms with van der Waals surface area (Å²) in [7, 11) is 1.71. The van der Waals surface area contributed by atoms with Gasteiger partial charge in [0, 0.05) is 37.8 Å². The molecule has 6 heteroatoms. The van der Waals surface area contributed by atoms with E-state index in [0.29, 0.717) is 13.2 Å². The summed E-state index contributed by atoms with van der Waals surface area (Å²) in [5.74, 6) is 0. The number of ether oxygens (including phenoxy) is 2. The highest BCUT2D eigenvalue weighted by Crippen LogP contribution is 2.29. The fourth-order valence-electron chi connectivity index (χ4n) is 3.16. The molecule has 1 amide bonds. The zero-order valence-electron chi connectivity index (χ0n) is 17.6. The van der Waals surface area contributed by atoms with Gasteiger partial charge in [0.1, 0.15) is 11.3 Å². The first-order valence-corrected chi connectivity index (χ1v) is 9.88. The van der Waals surface area contributed by atoms with Gasteiger partial charge in [0.2, 0.25) is 0 Å². The van der Waals surface area contributed by atoms with Crippen LogP contribution in [0, 0.1) is 0 Å². The van der Waals surface area contributed by atoms with Crippen LogP contribution in [0.1, 0.15) is 32.8 Å². The smallest absolute Gasteiger partial charge is 0.407 e. The number of hydrogen-bond acceptors (Lipinski definition) is 4. The first kappa shape index (κ1) is 20.9. The Hall–Kier alpha value is -2.86. The highest BCUT2D eigenvalue weighted by atomic mass is 16.6. The third-order valence-corrected chi connectivity index (χ3v) is 4.42. The normalized spacial score (nSPS) is 11.6. The zero-order chi connectivity index (χ0) is 20.9. The maximum atomic E-state index is 12.0. The van der Waals surface area contributed by atoms with E-state index < -0.39 is 11.7 Å². The number of alkyl carbamates (subject to hydrolysis) is 1. The van der Waals surface area contributed by atoms with Gasteiger partial charge in [-0.2, -0.15) is 5.10 Å². The third kappa shape index (κ3) is 5.57. The van der Waals surface area contributed by atoms with Crippen LogP contribution < -0.4 is 5.32 Å². The molecule has 154 valence electrons. The van der Waals surface area contributed by atoms with Crippen molar-refractivity contribution in [2.75, 3.05) is 13.7 Å². The van der Waals surface area contributed by atoms with E-state index in [9.17, 15) is 4.79 Å². The van der Waals surface area contributed by atoms with E-state index in [0.717, 1.165) is 40.7 Å². The van der Waals surface area contributed by atoms with Gasteiger partial charge < -0.3 is 14.8 Å². The summed E-state index contributed by atoms with van der Waals surface area (Å²) >= 11 is 0. The molecule has 0 atom stereocenters. The average molecular weight is 396 g/mol. The number of carbonyl (C=O) groups is 1. The van der Waals surface area contributed by atoms with Gasteiger partial charge in [-0.25, -0.2) is 4.79 Å². The fraction of sp³-hybridized carbons (Fsp3) is 0.391. The minimum Gasteiger partial charge on any atom is -0.444 e. The van der Waals surface area contributed by atoms with Crippen molar-refractivity contribution in [2.45, 2.75) is 45.9 Å². The van der Waals surface area contributed by atoms with Crippen LogP contribution in [-0.2, 0) is 22.6 Å². The number of methoxy groups -OCH3 is 1. The molecule has 0 fully saturated rings. The molecule has 0 bridgehead atoms. The van der Waals surface area contributed by atoms with Crippen molar-refractivity contribution in [3.05, 3.63) is 54.1 Å². The topological polar surface area (TPSA) is 65.4 Å². The molecule has 0 radical (unpaired) electrons. The summed E-state index contributed by atoms with van der Waals surface area (Å²) in [6.45, 7) is 7.39. The van der Waals surface area contributed by atoms with E-state index in [-0.39, 0.29) is 0 Å². The van der Waals surface area contributed by atoms with Crippen LogP contribution in [-0.4, -0.2) is 35.2 Å². The predicted molar refractivity (Wildman–Crippen MR) is 115 cm³/mol. The van der Waals surface area contributed by atoms with Crippen molar-refractivity contribution in [2.24, 2.45) is 0 Å². The van der Waals surface area contributed by atoms with Gasteiger partial charge in [-0.1, -0.05) is 42.5 Å². The van der Waals surface area contributed by atoms with E-state index in [2.05, 4.69) is 29.6 Å². The second-order valence-electron chi connectivity index (χ2n) is 7.99. The first-order chi connectivity index (χ1) is 13.9. The molecule has 2 aromatic carbocycles. The Kier molecular flexibility index (Phi) is 6.54. The Balaban J connectivity index is 1.87. The summed E-state index contributed by atoms with van der Waals surface area (Å²) in [6.07, 6.45) is 0.457. The van der Waals surface area contributed by atoms with Gasteiger partial charge in [0.15, 0.2) is 0 Å².